The molecule has 43 heavy (non-hydrogen) atoms. The lowest BCUT2D eigenvalue weighted by atomic mass is 9.76. The summed E-state index contributed by atoms with van der Waals surface area (Å²) in [6.45, 7) is -0.0345. The molecule has 0 saturated carbocycles. The maximum Gasteiger partial charge on any atom is 0.407 e. The van der Waals surface area contributed by atoms with E-state index in [0.717, 1.165) is 38.9 Å². The summed E-state index contributed by atoms with van der Waals surface area (Å²) < 4.78 is 5.68. The van der Waals surface area contributed by atoms with Crippen molar-refractivity contribution in [1.29, 1.82) is 0 Å². The first kappa shape index (κ1) is 27.9. The SMILES string of the molecule is O=C(NC[C@@H](NC(c1ccccc1)(c1ccccc1)c1ccccc1)C(=O)O)OCC1c2ccccc2-c2ccccc21. The van der Waals surface area contributed by atoms with Crippen molar-refractivity contribution < 1.29 is 19.4 Å². The Balaban J connectivity index is 1.23. The average molecular weight is 569 g/mol. The van der Waals surface area contributed by atoms with Crippen molar-refractivity contribution in [2.75, 3.05) is 13.2 Å². The Hall–Kier alpha value is -5.20. The molecule has 0 spiro atoms. The van der Waals surface area contributed by atoms with E-state index in [1.54, 1.807) is 0 Å². The van der Waals surface area contributed by atoms with Crippen LogP contribution < -0.4 is 10.6 Å². The summed E-state index contributed by atoms with van der Waals surface area (Å²) in [7, 11) is 0. The van der Waals surface area contributed by atoms with E-state index < -0.39 is 23.6 Å². The Labute approximate surface area is 251 Å². The second-order valence-corrected chi connectivity index (χ2v) is 10.6. The van der Waals surface area contributed by atoms with E-state index in [1.165, 1.54) is 0 Å². The second-order valence-electron chi connectivity index (χ2n) is 10.6. The molecule has 0 radical (unpaired) electrons. The molecule has 1 amide bonds. The number of nitrogens with one attached hydrogen (secondary N) is 2. The van der Waals surface area contributed by atoms with E-state index in [4.69, 9.17) is 4.74 Å². The highest BCUT2D eigenvalue weighted by Gasteiger charge is 2.40. The molecule has 0 aliphatic heterocycles. The fraction of sp³-hybridized carbons (Fsp3) is 0.135. The second kappa shape index (κ2) is 12.3. The molecule has 6 nitrogen and oxygen atoms in total. The Morgan fingerprint density at radius 2 is 1.07 bits per heavy atom. The van der Waals surface area contributed by atoms with Gasteiger partial charge in [-0.25, -0.2) is 4.79 Å². The predicted octanol–water partition coefficient (Wildman–Crippen LogP) is 6.56. The summed E-state index contributed by atoms with van der Waals surface area (Å²) in [6, 6.07) is 44.4. The number of carboxylic acid groups (broad SMARTS) is 1. The minimum absolute atomic E-state index is 0.0894. The number of fused-ring (bicyclic) bond motifs is 3. The lowest BCUT2D eigenvalue weighted by Crippen LogP contribution is -2.56. The van der Waals surface area contributed by atoms with Crippen LogP contribution in [0.15, 0.2) is 140 Å². The molecular weight excluding hydrogens is 536 g/mol. The number of ether oxygens (including phenoxy) is 1. The molecule has 5 aromatic carbocycles. The van der Waals surface area contributed by atoms with Gasteiger partial charge in [0.15, 0.2) is 0 Å². The van der Waals surface area contributed by atoms with Crippen LogP contribution in [-0.4, -0.2) is 36.4 Å². The monoisotopic (exact) mass is 568 g/mol. The first-order valence-corrected chi connectivity index (χ1v) is 14.3. The van der Waals surface area contributed by atoms with E-state index in [0.29, 0.717) is 0 Å². The van der Waals surface area contributed by atoms with Gasteiger partial charge in [0.25, 0.3) is 0 Å². The van der Waals surface area contributed by atoms with Crippen LogP contribution in [0, 0.1) is 0 Å². The normalized spacial score (nSPS) is 13.0. The molecule has 1 atom stereocenters. The van der Waals surface area contributed by atoms with Gasteiger partial charge in [-0.2, -0.15) is 0 Å². The van der Waals surface area contributed by atoms with Crippen molar-refractivity contribution in [2.24, 2.45) is 0 Å². The van der Waals surface area contributed by atoms with Gasteiger partial charge in [-0.15, -0.1) is 0 Å². The van der Waals surface area contributed by atoms with E-state index in [2.05, 4.69) is 34.9 Å². The largest absolute Gasteiger partial charge is 0.480 e. The van der Waals surface area contributed by atoms with Gasteiger partial charge >= 0.3 is 12.1 Å². The van der Waals surface area contributed by atoms with Gasteiger partial charge in [0.1, 0.15) is 12.6 Å². The Morgan fingerprint density at radius 1 is 0.651 bits per heavy atom. The number of rotatable bonds is 10. The Bertz CT molecular complexity index is 1570. The van der Waals surface area contributed by atoms with Crippen molar-refractivity contribution in [3.63, 3.8) is 0 Å². The van der Waals surface area contributed by atoms with Gasteiger partial charge in [-0.1, -0.05) is 140 Å². The molecule has 0 saturated heterocycles. The fourth-order valence-electron chi connectivity index (χ4n) is 6.11. The first-order valence-electron chi connectivity index (χ1n) is 14.3. The molecule has 6 heteroatoms. The highest BCUT2D eigenvalue weighted by atomic mass is 16.5. The van der Waals surface area contributed by atoms with Crippen molar-refractivity contribution in [3.8, 4) is 11.1 Å². The van der Waals surface area contributed by atoms with Crippen molar-refractivity contribution in [3.05, 3.63) is 167 Å². The van der Waals surface area contributed by atoms with Gasteiger partial charge in [-0.3, -0.25) is 10.1 Å². The van der Waals surface area contributed by atoms with Gasteiger partial charge in [0.2, 0.25) is 0 Å². The van der Waals surface area contributed by atoms with Crippen molar-refractivity contribution in [2.45, 2.75) is 17.5 Å². The maximum absolute atomic E-state index is 13.0. The topological polar surface area (TPSA) is 87.7 Å². The average Bonchev–Trinajstić information content (AvgIpc) is 3.38. The Kier molecular flexibility index (Phi) is 8.03. The number of carbonyl (C=O) groups excluding carboxylic acids is 1. The van der Waals surface area contributed by atoms with Gasteiger partial charge in [-0.05, 0) is 38.9 Å². The van der Waals surface area contributed by atoms with E-state index >= 15 is 0 Å². The first-order chi connectivity index (χ1) is 21.1. The van der Waals surface area contributed by atoms with Gasteiger partial charge < -0.3 is 15.2 Å². The summed E-state index contributed by atoms with van der Waals surface area (Å²) in [5, 5.41) is 16.5. The highest BCUT2D eigenvalue weighted by Crippen LogP contribution is 2.44. The minimum atomic E-state index is -1.14. The number of benzene rings is 5. The number of carboxylic acids is 1. The smallest absolute Gasteiger partial charge is 0.407 e. The molecule has 0 aromatic heterocycles. The summed E-state index contributed by atoms with van der Waals surface area (Å²) in [5.74, 6) is -1.18. The summed E-state index contributed by atoms with van der Waals surface area (Å²) in [5.41, 5.74) is 6.12. The van der Waals surface area contributed by atoms with Crippen LogP contribution >= 0.6 is 0 Å². The zero-order valence-electron chi connectivity index (χ0n) is 23.5. The lowest BCUT2D eigenvalue weighted by molar-refractivity contribution is -0.139. The van der Waals surface area contributed by atoms with Gasteiger partial charge in [0.05, 0.1) is 5.54 Å². The maximum atomic E-state index is 13.0. The van der Waals surface area contributed by atoms with Crippen LogP contribution in [-0.2, 0) is 15.1 Å². The van der Waals surface area contributed by atoms with Crippen LogP contribution in [0.2, 0.25) is 0 Å². The quantitative estimate of drug-likeness (QED) is 0.166. The number of hydrogen-bond acceptors (Lipinski definition) is 4. The zero-order chi connectivity index (χ0) is 29.6. The van der Waals surface area contributed by atoms with Gasteiger partial charge in [0, 0.05) is 12.5 Å². The highest BCUT2D eigenvalue weighted by molar-refractivity contribution is 5.79. The van der Waals surface area contributed by atoms with Crippen LogP contribution in [0.4, 0.5) is 4.79 Å². The van der Waals surface area contributed by atoms with Crippen LogP contribution in [0.5, 0.6) is 0 Å². The fourth-order valence-corrected chi connectivity index (χ4v) is 6.11. The lowest BCUT2D eigenvalue weighted by Gasteiger charge is -2.39. The molecule has 1 aliphatic carbocycles. The van der Waals surface area contributed by atoms with Crippen molar-refractivity contribution >= 4 is 12.1 Å². The molecule has 0 fully saturated rings. The molecule has 214 valence electrons. The molecule has 0 bridgehead atoms. The number of alkyl carbamates (subject to hydrolysis) is 1. The van der Waals surface area contributed by atoms with Crippen LogP contribution in [0.1, 0.15) is 33.7 Å². The number of amides is 1. The number of carbonyl (C=O) groups is 2. The summed E-state index contributed by atoms with van der Waals surface area (Å²) in [6.07, 6.45) is -0.667. The molecule has 5 aromatic rings. The number of hydrogen-bond donors (Lipinski definition) is 3. The molecular formula is C37H32N2O4. The van der Waals surface area contributed by atoms with Crippen LogP contribution in [0.25, 0.3) is 11.1 Å². The Morgan fingerprint density at radius 3 is 1.51 bits per heavy atom. The standard InChI is InChI=1S/C37H32N2O4/c40-35(41)34(24-38-36(42)43-25-33-31-22-12-10-20-29(31)30-21-11-13-23-32(30)33)39-37(26-14-4-1-5-15-26,27-16-6-2-7-17-27)28-18-8-3-9-19-28/h1-23,33-34,39H,24-25H2,(H,38,42)(H,40,41)/t34-/m1/s1. The van der Waals surface area contributed by atoms with Crippen LogP contribution in [0.3, 0.4) is 0 Å². The summed E-state index contributed by atoms with van der Waals surface area (Å²) in [4.78, 5) is 25.6. The molecule has 6 rings (SSSR count). The molecule has 0 unspecified atom stereocenters. The third kappa shape index (κ3) is 5.53. The third-order valence-electron chi connectivity index (χ3n) is 8.10. The zero-order valence-corrected chi connectivity index (χ0v) is 23.5. The van der Waals surface area contributed by atoms with E-state index in [1.807, 2.05) is 115 Å². The molecule has 3 N–H and O–H groups in total. The number of aliphatic carboxylic acids is 1. The molecule has 1 aliphatic rings. The molecule has 0 heterocycles. The van der Waals surface area contributed by atoms with E-state index in [9.17, 15) is 14.7 Å². The predicted molar refractivity (Wildman–Crippen MR) is 167 cm³/mol. The van der Waals surface area contributed by atoms with E-state index in [-0.39, 0.29) is 19.1 Å². The third-order valence-corrected chi connectivity index (χ3v) is 8.10. The minimum Gasteiger partial charge on any atom is -0.480 e. The van der Waals surface area contributed by atoms with Crippen molar-refractivity contribution in [1.82, 2.24) is 10.6 Å². The summed E-state index contributed by atoms with van der Waals surface area (Å²) >= 11 is 0.